The van der Waals surface area contributed by atoms with E-state index in [0.717, 1.165) is 71.2 Å². The number of aliphatic hydroxyl groups is 2. The van der Waals surface area contributed by atoms with E-state index >= 15 is 0 Å². The van der Waals surface area contributed by atoms with E-state index < -0.39 is 23.9 Å². The molecule has 1 saturated heterocycles. The number of allylic oxidation sites excluding steroid dienone is 2. The van der Waals surface area contributed by atoms with Gasteiger partial charge in [-0.2, -0.15) is 0 Å². The molecular weight excluding hydrogens is 528 g/mol. The Hall–Kier alpha value is -3.29. The molecule has 4 atom stereocenters. The molecule has 5 rings (SSSR count). The van der Waals surface area contributed by atoms with Crippen molar-refractivity contribution in [2.75, 3.05) is 6.61 Å². The summed E-state index contributed by atoms with van der Waals surface area (Å²) in [5.41, 5.74) is 6.01. The summed E-state index contributed by atoms with van der Waals surface area (Å²) >= 11 is 0. The maximum atomic E-state index is 13.8. The predicted octanol–water partition coefficient (Wildman–Crippen LogP) is 5.74. The lowest BCUT2D eigenvalue weighted by Gasteiger charge is -2.36. The minimum atomic E-state index is -0.861. The van der Waals surface area contributed by atoms with Crippen LogP contribution in [0.2, 0.25) is 0 Å². The summed E-state index contributed by atoms with van der Waals surface area (Å²) in [5, 5.41) is 32.6. The number of hydrogen-bond acceptors (Lipinski definition) is 6. The molecule has 1 aromatic carbocycles. The Labute approximate surface area is 249 Å². The van der Waals surface area contributed by atoms with Crippen LogP contribution in [0, 0.1) is 31.6 Å². The van der Waals surface area contributed by atoms with E-state index in [1.165, 1.54) is 4.90 Å². The average Bonchev–Trinajstić information content (AvgIpc) is 3.26. The summed E-state index contributed by atoms with van der Waals surface area (Å²) in [4.78, 5) is 33.4. The molecule has 2 heterocycles. The van der Waals surface area contributed by atoms with Crippen molar-refractivity contribution < 1.29 is 24.9 Å². The van der Waals surface area contributed by atoms with E-state index in [1.807, 2.05) is 57.2 Å². The van der Waals surface area contributed by atoms with E-state index in [-0.39, 0.29) is 30.2 Å². The van der Waals surface area contributed by atoms with Crippen molar-refractivity contribution in [3.05, 3.63) is 70.1 Å². The molecule has 2 aliphatic carbocycles. The Kier molecular flexibility index (Phi) is 9.28. The Morgan fingerprint density at radius 3 is 2.43 bits per heavy atom. The monoisotopic (exact) mass is 572 g/mol. The van der Waals surface area contributed by atoms with Crippen LogP contribution in [0.1, 0.15) is 87.1 Å². The number of likely N-dealkylation sites (tertiary alicyclic amines) is 1. The quantitative estimate of drug-likeness (QED) is 0.261. The number of amides is 2. The van der Waals surface area contributed by atoms with Gasteiger partial charge in [0.15, 0.2) is 0 Å². The van der Waals surface area contributed by atoms with Crippen LogP contribution in [0.5, 0.6) is 5.75 Å². The maximum Gasteiger partial charge on any atom is 0.234 e. The summed E-state index contributed by atoms with van der Waals surface area (Å²) in [6, 6.07) is 9.57. The summed E-state index contributed by atoms with van der Waals surface area (Å²) in [5.74, 6) is -1.60. The second kappa shape index (κ2) is 12.9. The number of rotatable bonds is 9. The number of benzene rings is 1. The zero-order valence-electron chi connectivity index (χ0n) is 25.1. The zero-order valence-corrected chi connectivity index (χ0v) is 25.1. The van der Waals surface area contributed by atoms with Crippen LogP contribution in [-0.4, -0.2) is 55.8 Å². The van der Waals surface area contributed by atoms with E-state index in [0.29, 0.717) is 25.7 Å². The highest BCUT2D eigenvalue weighted by molar-refractivity contribution is 6.06. The minimum absolute atomic E-state index is 0.0413. The van der Waals surface area contributed by atoms with Crippen LogP contribution in [0.25, 0.3) is 11.6 Å². The second-order valence-corrected chi connectivity index (χ2v) is 12.3. The molecule has 42 heavy (non-hydrogen) atoms. The highest BCUT2D eigenvalue weighted by atomic mass is 16.3. The first-order chi connectivity index (χ1) is 20.2. The molecule has 7 heteroatoms. The Morgan fingerprint density at radius 2 is 1.81 bits per heavy atom. The topological polar surface area (TPSA) is 111 Å². The molecule has 0 unspecified atom stereocenters. The third-order valence-electron chi connectivity index (χ3n) is 9.68. The molecule has 1 saturated carbocycles. The molecule has 0 spiro atoms. The van der Waals surface area contributed by atoms with Crippen LogP contribution in [0.3, 0.4) is 0 Å². The van der Waals surface area contributed by atoms with E-state index in [2.05, 4.69) is 4.98 Å². The van der Waals surface area contributed by atoms with Gasteiger partial charge in [-0.1, -0.05) is 37.8 Å². The van der Waals surface area contributed by atoms with Gasteiger partial charge in [-0.15, -0.1) is 0 Å². The fourth-order valence-corrected chi connectivity index (χ4v) is 7.57. The molecule has 1 aliphatic heterocycles. The largest absolute Gasteiger partial charge is 0.507 e. The lowest BCUT2D eigenvalue weighted by molar-refractivity contribution is -0.143. The molecule has 3 N–H and O–H groups in total. The number of aromatic nitrogens is 1. The number of phenolic OH excluding ortho intramolecular Hbond substituents is 1. The number of carbonyl (C=O) groups excluding carboxylic acids is 2. The standard InChI is InChI=1S/C35H44N2O5/c1-4-24-19-27-32(35(42)37(34(27)41)26-10-6-5-7-11-26)28(20-38)31(24)30(39)14-13-25(29-12-8-9-15-36-29)18-23-16-21(2)33(40)22(3)17-23/h8-9,12,15-18,26-28,30,32,38-40H,4-7,10-11,13-14,19-20H2,1-3H3/b25-18-/t27-,28+,30-,32-/m1/s1. The van der Waals surface area contributed by atoms with Gasteiger partial charge in [0.2, 0.25) is 11.8 Å². The van der Waals surface area contributed by atoms with Crippen LogP contribution in [-0.2, 0) is 9.59 Å². The number of aryl methyl sites for hydroxylation is 2. The number of imide groups is 1. The summed E-state index contributed by atoms with van der Waals surface area (Å²) < 4.78 is 0. The number of phenols is 1. The van der Waals surface area contributed by atoms with Crippen molar-refractivity contribution in [2.45, 2.75) is 90.7 Å². The molecule has 0 bridgehead atoms. The van der Waals surface area contributed by atoms with Gasteiger partial charge in [0.05, 0.1) is 30.2 Å². The second-order valence-electron chi connectivity index (χ2n) is 12.3. The average molecular weight is 573 g/mol. The third-order valence-corrected chi connectivity index (χ3v) is 9.68. The van der Waals surface area contributed by atoms with Crippen molar-refractivity contribution in [3.63, 3.8) is 0 Å². The van der Waals surface area contributed by atoms with Gasteiger partial charge in [0, 0.05) is 18.2 Å². The SMILES string of the molecule is CCC1=C([C@H](O)CC/C(=C/c2cc(C)c(O)c(C)c2)c2ccccn2)[C@H](CO)[C@@H]2C(=O)N(C3CCCCC3)C(=O)[C@@H]2C1. The normalized spacial score (nSPS) is 24.4. The van der Waals surface area contributed by atoms with E-state index in [4.69, 9.17) is 0 Å². The number of carbonyl (C=O) groups is 2. The molecule has 2 amide bonds. The van der Waals surface area contributed by atoms with Crippen molar-refractivity contribution in [2.24, 2.45) is 17.8 Å². The molecule has 224 valence electrons. The Bertz CT molecular complexity index is 1350. The third kappa shape index (κ3) is 5.82. The Morgan fingerprint density at radius 1 is 1.10 bits per heavy atom. The molecule has 3 aliphatic rings. The first-order valence-electron chi connectivity index (χ1n) is 15.5. The predicted molar refractivity (Wildman–Crippen MR) is 163 cm³/mol. The van der Waals surface area contributed by atoms with Crippen LogP contribution in [0.4, 0.5) is 0 Å². The number of nitrogens with zero attached hydrogens (tertiary/aromatic N) is 2. The number of hydrogen-bond donors (Lipinski definition) is 3. The highest BCUT2D eigenvalue weighted by Gasteiger charge is 2.56. The Balaban J connectivity index is 1.42. The lowest BCUT2D eigenvalue weighted by Crippen LogP contribution is -2.42. The van der Waals surface area contributed by atoms with Gasteiger partial charge in [0.25, 0.3) is 0 Å². The summed E-state index contributed by atoms with van der Waals surface area (Å²) in [6.45, 7) is 5.49. The maximum absolute atomic E-state index is 13.8. The van der Waals surface area contributed by atoms with Crippen molar-refractivity contribution in [3.8, 4) is 5.75 Å². The zero-order chi connectivity index (χ0) is 30.0. The van der Waals surface area contributed by atoms with E-state index in [1.54, 1.807) is 6.20 Å². The van der Waals surface area contributed by atoms with Crippen molar-refractivity contribution in [1.82, 2.24) is 9.88 Å². The summed E-state index contributed by atoms with van der Waals surface area (Å²) in [6.07, 6.45) is 9.86. The lowest BCUT2D eigenvalue weighted by atomic mass is 9.67. The minimum Gasteiger partial charge on any atom is -0.507 e. The number of fused-ring (bicyclic) bond motifs is 1. The smallest absolute Gasteiger partial charge is 0.234 e. The fraction of sp³-hybridized carbons (Fsp3) is 0.514. The molecule has 0 radical (unpaired) electrons. The van der Waals surface area contributed by atoms with Crippen LogP contribution < -0.4 is 0 Å². The highest BCUT2D eigenvalue weighted by Crippen LogP contribution is 2.48. The molecule has 2 aromatic rings. The number of aliphatic hydroxyl groups excluding tert-OH is 2. The van der Waals surface area contributed by atoms with Gasteiger partial charge >= 0.3 is 0 Å². The van der Waals surface area contributed by atoms with Gasteiger partial charge in [0.1, 0.15) is 5.75 Å². The van der Waals surface area contributed by atoms with Gasteiger partial charge < -0.3 is 15.3 Å². The molecule has 7 nitrogen and oxygen atoms in total. The molecular formula is C35H44N2O5. The first-order valence-corrected chi connectivity index (χ1v) is 15.5. The molecule has 2 fully saturated rings. The fourth-order valence-electron chi connectivity index (χ4n) is 7.57. The summed E-state index contributed by atoms with van der Waals surface area (Å²) in [7, 11) is 0. The van der Waals surface area contributed by atoms with Gasteiger partial charge in [-0.25, -0.2) is 0 Å². The number of pyridine rings is 1. The van der Waals surface area contributed by atoms with Crippen molar-refractivity contribution >= 4 is 23.5 Å². The van der Waals surface area contributed by atoms with Crippen LogP contribution in [0.15, 0.2) is 47.7 Å². The number of aromatic hydroxyl groups is 1. The van der Waals surface area contributed by atoms with Gasteiger partial charge in [-0.05, 0) is 111 Å². The van der Waals surface area contributed by atoms with Crippen LogP contribution >= 0.6 is 0 Å². The van der Waals surface area contributed by atoms with Crippen molar-refractivity contribution in [1.29, 1.82) is 0 Å². The molecule has 1 aromatic heterocycles. The first kappa shape index (κ1) is 30.2. The van der Waals surface area contributed by atoms with E-state index in [9.17, 15) is 24.9 Å². The van der Waals surface area contributed by atoms with Gasteiger partial charge in [-0.3, -0.25) is 19.5 Å².